The number of amides is 1. The lowest BCUT2D eigenvalue weighted by molar-refractivity contribution is -0.116. The maximum Gasteiger partial charge on any atom is 0.337 e. The van der Waals surface area contributed by atoms with Gasteiger partial charge in [-0.3, -0.25) is 9.79 Å². The maximum atomic E-state index is 11.6. The highest BCUT2D eigenvalue weighted by molar-refractivity contribution is 6.33. The van der Waals surface area contributed by atoms with Gasteiger partial charge in [0.05, 0.1) is 35.2 Å². The summed E-state index contributed by atoms with van der Waals surface area (Å²) in [5.41, 5.74) is 0.529. The monoisotopic (exact) mass is 310 g/mol. The van der Waals surface area contributed by atoms with Crippen LogP contribution in [0.3, 0.4) is 0 Å². The smallest absolute Gasteiger partial charge is 0.337 e. The highest BCUT2D eigenvalue weighted by Crippen LogP contribution is 2.26. The van der Waals surface area contributed by atoms with Gasteiger partial charge in [0, 0.05) is 12.8 Å². The summed E-state index contributed by atoms with van der Waals surface area (Å²) in [5, 5.41) is 11.8. The Balaban J connectivity index is 3.03. The third-order valence-corrected chi connectivity index (χ3v) is 2.77. The number of aliphatic imine (C=N–C) groups is 1. The molecule has 7 heteroatoms. The first-order valence-electron chi connectivity index (χ1n) is 6.08. The Morgan fingerprint density at radius 3 is 2.76 bits per heavy atom. The lowest BCUT2D eigenvalue weighted by Crippen LogP contribution is -2.25. The number of ether oxygens (including phenoxy) is 1. The van der Waals surface area contributed by atoms with E-state index in [0.717, 1.165) is 6.21 Å². The zero-order valence-electron chi connectivity index (χ0n) is 11.6. The molecule has 0 heterocycles. The Morgan fingerprint density at radius 2 is 2.19 bits per heavy atom. The van der Waals surface area contributed by atoms with Crippen molar-refractivity contribution >= 4 is 35.4 Å². The van der Waals surface area contributed by atoms with Crippen molar-refractivity contribution in [2.45, 2.75) is 6.92 Å². The van der Waals surface area contributed by atoms with E-state index in [2.05, 4.69) is 15.0 Å². The number of nitrogens with one attached hydrogen (secondary N) is 1. The molecule has 0 radical (unpaired) electrons. The molecule has 0 aromatic heterocycles. The fraction of sp³-hybridized carbons (Fsp3) is 0.214. The summed E-state index contributed by atoms with van der Waals surface area (Å²) >= 11 is 5.96. The molecular weight excluding hydrogens is 296 g/mol. The number of halogens is 1. The van der Waals surface area contributed by atoms with E-state index in [-0.39, 0.29) is 16.8 Å². The fourth-order valence-corrected chi connectivity index (χ4v) is 1.58. The molecule has 0 fully saturated rings. The van der Waals surface area contributed by atoms with Gasteiger partial charge in [0.25, 0.3) is 5.91 Å². The van der Waals surface area contributed by atoms with Gasteiger partial charge in [0.2, 0.25) is 0 Å². The van der Waals surface area contributed by atoms with Crippen LogP contribution in [0.2, 0.25) is 5.02 Å². The van der Waals surface area contributed by atoms with Gasteiger partial charge in [-0.2, -0.15) is 0 Å². The van der Waals surface area contributed by atoms with Gasteiger partial charge in [-0.1, -0.05) is 11.6 Å². The first kappa shape index (κ1) is 16.7. The Hall–Kier alpha value is -2.34. The number of methoxy groups -OCH3 is 1. The van der Waals surface area contributed by atoms with E-state index in [1.165, 1.54) is 25.3 Å². The second-order valence-electron chi connectivity index (χ2n) is 3.86. The van der Waals surface area contributed by atoms with Crippen LogP contribution >= 0.6 is 11.6 Å². The number of esters is 1. The van der Waals surface area contributed by atoms with E-state index < -0.39 is 11.9 Å². The molecule has 1 rings (SSSR count). The Kier molecular flexibility index (Phi) is 6.42. The average Bonchev–Trinajstić information content (AvgIpc) is 2.49. The van der Waals surface area contributed by atoms with Crippen molar-refractivity contribution in [3.8, 4) is 0 Å². The minimum atomic E-state index is -0.523. The van der Waals surface area contributed by atoms with Gasteiger partial charge in [-0.25, -0.2) is 4.79 Å². The number of hydrogen-bond acceptors (Lipinski definition) is 5. The number of rotatable bonds is 5. The Morgan fingerprint density at radius 1 is 1.48 bits per heavy atom. The molecule has 0 unspecified atom stereocenters. The van der Waals surface area contributed by atoms with Crippen LogP contribution < -0.4 is 5.32 Å². The van der Waals surface area contributed by atoms with E-state index in [1.807, 2.05) is 0 Å². The highest BCUT2D eigenvalue weighted by Gasteiger charge is 2.09. The molecular formula is C14H15ClN2O4. The van der Waals surface area contributed by atoms with Crippen LogP contribution in [0.25, 0.3) is 0 Å². The van der Waals surface area contributed by atoms with Crippen molar-refractivity contribution in [2.24, 2.45) is 4.99 Å². The van der Waals surface area contributed by atoms with Crippen LogP contribution in [0.15, 0.2) is 35.0 Å². The summed E-state index contributed by atoms with van der Waals surface area (Å²) in [5.74, 6) is -0.992. The van der Waals surface area contributed by atoms with Crippen molar-refractivity contribution in [3.63, 3.8) is 0 Å². The molecule has 0 saturated carbocycles. The molecule has 0 spiro atoms. The highest BCUT2D eigenvalue weighted by atomic mass is 35.5. The first-order chi connectivity index (χ1) is 10.0. The van der Waals surface area contributed by atoms with Crippen molar-refractivity contribution in [1.29, 1.82) is 0 Å². The summed E-state index contributed by atoms with van der Waals surface area (Å²) < 4.78 is 4.60. The van der Waals surface area contributed by atoms with Gasteiger partial charge in [-0.05, 0) is 25.1 Å². The standard InChI is InChI=1S/C14H15ClN2O4/c1-3-16-13(19)10(8-18)7-17-12-6-9(14(20)21-2)4-5-11(12)15/h4-8,18H,3H2,1-2H3,(H,16,19). The lowest BCUT2D eigenvalue weighted by atomic mass is 10.2. The normalized spacial score (nSPS) is 11.5. The van der Waals surface area contributed by atoms with Crippen molar-refractivity contribution in [2.75, 3.05) is 13.7 Å². The number of aliphatic hydroxyl groups is 1. The topological polar surface area (TPSA) is 88.0 Å². The van der Waals surface area contributed by atoms with E-state index in [0.29, 0.717) is 17.8 Å². The molecule has 1 aromatic rings. The molecule has 21 heavy (non-hydrogen) atoms. The minimum absolute atomic E-state index is 0.0311. The lowest BCUT2D eigenvalue weighted by Gasteiger charge is -2.03. The van der Waals surface area contributed by atoms with Crippen molar-refractivity contribution in [3.05, 3.63) is 40.6 Å². The molecule has 1 amide bonds. The summed E-state index contributed by atoms with van der Waals surface area (Å²) in [7, 11) is 1.27. The molecule has 2 N–H and O–H groups in total. The number of nitrogens with zero attached hydrogens (tertiary/aromatic N) is 1. The van der Waals surface area contributed by atoms with Gasteiger partial charge in [-0.15, -0.1) is 0 Å². The molecule has 112 valence electrons. The third kappa shape index (κ3) is 4.61. The molecule has 0 atom stereocenters. The zero-order valence-corrected chi connectivity index (χ0v) is 12.3. The second kappa shape index (κ2) is 8.06. The summed E-state index contributed by atoms with van der Waals surface area (Å²) in [4.78, 5) is 27.0. The van der Waals surface area contributed by atoms with Crippen LogP contribution in [0.1, 0.15) is 17.3 Å². The number of aliphatic hydroxyl groups excluding tert-OH is 1. The fourth-order valence-electron chi connectivity index (χ4n) is 1.41. The number of carbonyl (C=O) groups excluding carboxylic acids is 2. The Bertz CT molecular complexity index is 597. The number of hydrogen-bond donors (Lipinski definition) is 2. The summed E-state index contributed by atoms with van der Waals surface area (Å²) in [6.45, 7) is 2.17. The molecule has 0 saturated heterocycles. The molecule has 0 aliphatic carbocycles. The SMILES string of the molecule is CCNC(=O)C(C=Nc1cc(C(=O)OC)ccc1Cl)=CO. The first-order valence-corrected chi connectivity index (χ1v) is 6.45. The largest absolute Gasteiger partial charge is 0.515 e. The van der Waals surface area contributed by atoms with Gasteiger partial charge in [0.1, 0.15) is 0 Å². The average molecular weight is 311 g/mol. The minimum Gasteiger partial charge on any atom is -0.515 e. The Labute approximate surface area is 127 Å². The molecule has 6 nitrogen and oxygen atoms in total. The van der Waals surface area contributed by atoms with Gasteiger partial charge < -0.3 is 15.2 Å². The predicted molar refractivity (Wildman–Crippen MR) is 80.3 cm³/mol. The molecule has 0 aliphatic rings. The van der Waals surface area contributed by atoms with Crippen molar-refractivity contribution in [1.82, 2.24) is 5.32 Å². The van der Waals surface area contributed by atoms with Crippen LogP contribution in [0.5, 0.6) is 0 Å². The maximum absolute atomic E-state index is 11.6. The van der Waals surface area contributed by atoms with E-state index in [1.54, 1.807) is 6.92 Å². The molecule has 0 bridgehead atoms. The summed E-state index contributed by atoms with van der Waals surface area (Å²) in [6.07, 6.45) is 1.81. The number of likely N-dealkylation sites (N-methyl/N-ethyl adjacent to an activating group) is 1. The quantitative estimate of drug-likeness (QED) is 0.378. The van der Waals surface area contributed by atoms with Crippen molar-refractivity contribution < 1.29 is 19.4 Å². The van der Waals surface area contributed by atoms with Crippen LogP contribution in [-0.4, -0.2) is 36.9 Å². The van der Waals surface area contributed by atoms with Crippen LogP contribution in [0.4, 0.5) is 5.69 Å². The number of carbonyl (C=O) groups is 2. The third-order valence-electron chi connectivity index (χ3n) is 2.45. The zero-order chi connectivity index (χ0) is 15.8. The van der Waals surface area contributed by atoms with Crippen LogP contribution in [0, 0.1) is 0 Å². The van der Waals surface area contributed by atoms with E-state index in [4.69, 9.17) is 16.7 Å². The van der Waals surface area contributed by atoms with E-state index in [9.17, 15) is 9.59 Å². The molecule has 1 aromatic carbocycles. The molecule has 0 aliphatic heterocycles. The van der Waals surface area contributed by atoms with Crippen LogP contribution in [-0.2, 0) is 9.53 Å². The summed E-state index contributed by atoms with van der Waals surface area (Å²) in [6, 6.07) is 4.42. The van der Waals surface area contributed by atoms with E-state index >= 15 is 0 Å². The van der Waals surface area contributed by atoms with Gasteiger partial charge in [0.15, 0.2) is 0 Å². The second-order valence-corrected chi connectivity index (χ2v) is 4.27. The predicted octanol–water partition coefficient (Wildman–Crippen LogP) is 2.41. The number of benzene rings is 1. The van der Waals surface area contributed by atoms with Gasteiger partial charge >= 0.3 is 5.97 Å².